The molecule has 0 unspecified atom stereocenters. The second-order valence-corrected chi connectivity index (χ2v) is 7.00. The fourth-order valence-electron chi connectivity index (χ4n) is 2.22. The Morgan fingerprint density at radius 3 is 2.58 bits per heavy atom. The van der Waals surface area contributed by atoms with Crippen molar-refractivity contribution in [3.8, 4) is 0 Å². The van der Waals surface area contributed by atoms with Crippen molar-refractivity contribution in [1.29, 1.82) is 0 Å². The first-order valence-corrected chi connectivity index (χ1v) is 9.21. The number of benzene rings is 1. The molecule has 6 heteroatoms. The smallest absolute Gasteiger partial charge is 0.256 e. The molecular formula is C18H16N2O2S2. The summed E-state index contributed by atoms with van der Waals surface area (Å²) in [4.78, 5) is 25.8. The highest BCUT2D eigenvalue weighted by molar-refractivity contribution is 7.10. The van der Waals surface area contributed by atoms with Crippen LogP contribution in [0.4, 0.5) is 5.69 Å². The van der Waals surface area contributed by atoms with Crippen LogP contribution in [0.15, 0.2) is 52.5 Å². The average Bonchev–Trinajstić information content (AvgIpc) is 3.25. The largest absolute Gasteiger partial charge is 0.347 e. The summed E-state index contributed by atoms with van der Waals surface area (Å²) in [7, 11) is 0. The van der Waals surface area contributed by atoms with Crippen LogP contribution in [0.5, 0.6) is 0 Å². The molecule has 2 aromatic heterocycles. The van der Waals surface area contributed by atoms with Gasteiger partial charge in [-0.2, -0.15) is 11.3 Å². The highest BCUT2D eigenvalue weighted by Crippen LogP contribution is 2.19. The first-order valence-electron chi connectivity index (χ1n) is 7.39. The minimum atomic E-state index is -0.217. The Kier molecular flexibility index (Phi) is 5.08. The molecule has 0 radical (unpaired) electrons. The van der Waals surface area contributed by atoms with Crippen molar-refractivity contribution in [3.63, 3.8) is 0 Å². The Morgan fingerprint density at radius 2 is 1.88 bits per heavy atom. The number of thiophene rings is 2. The minimum absolute atomic E-state index is 0.205. The summed E-state index contributed by atoms with van der Waals surface area (Å²) in [6.07, 6.45) is 0. The van der Waals surface area contributed by atoms with Gasteiger partial charge < -0.3 is 10.6 Å². The molecule has 3 rings (SSSR count). The van der Waals surface area contributed by atoms with E-state index in [1.165, 1.54) is 16.9 Å². The lowest BCUT2D eigenvalue weighted by Gasteiger charge is -2.11. The van der Waals surface area contributed by atoms with Gasteiger partial charge in [-0.05, 0) is 47.5 Å². The van der Waals surface area contributed by atoms with Crippen LogP contribution >= 0.6 is 22.7 Å². The molecule has 0 aliphatic carbocycles. The van der Waals surface area contributed by atoms with Gasteiger partial charge in [-0.15, -0.1) is 11.3 Å². The number of hydrogen-bond donors (Lipinski definition) is 2. The van der Waals surface area contributed by atoms with Crippen molar-refractivity contribution in [3.05, 3.63) is 74.1 Å². The van der Waals surface area contributed by atoms with Gasteiger partial charge in [-0.3, -0.25) is 9.59 Å². The molecule has 2 heterocycles. The summed E-state index contributed by atoms with van der Waals surface area (Å²) >= 11 is 3.07. The minimum Gasteiger partial charge on any atom is -0.347 e. The average molecular weight is 356 g/mol. The Morgan fingerprint density at radius 1 is 1.04 bits per heavy atom. The van der Waals surface area contributed by atoms with Crippen LogP contribution in [0.1, 0.15) is 31.2 Å². The molecule has 0 spiro atoms. The lowest BCUT2D eigenvalue weighted by molar-refractivity contribution is 0.0952. The van der Waals surface area contributed by atoms with Gasteiger partial charge in [-0.1, -0.05) is 12.1 Å². The summed E-state index contributed by atoms with van der Waals surface area (Å²) in [6.45, 7) is 2.50. The molecule has 3 aromatic rings. The Bertz CT molecular complexity index is 854. The predicted octanol–water partition coefficient (Wildman–Crippen LogP) is 4.30. The zero-order valence-corrected chi connectivity index (χ0v) is 14.7. The van der Waals surface area contributed by atoms with Crippen molar-refractivity contribution in [1.82, 2.24) is 5.32 Å². The lowest BCUT2D eigenvalue weighted by Crippen LogP contribution is -2.24. The summed E-state index contributed by atoms with van der Waals surface area (Å²) < 4.78 is 0. The van der Waals surface area contributed by atoms with Gasteiger partial charge in [0.1, 0.15) is 0 Å². The second-order valence-electron chi connectivity index (χ2n) is 5.22. The molecule has 0 fully saturated rings. The molecule has 0 saturated heterocycles. The third-order valence-corrected chi connectivity index (χ3v) is 5.29. The van der Waals surface area contributed by atoms with E-state index < -0.39 is 0 Å². The molecule has 2 amide bonds. The summed E-state index contributed by atoms with van der Waals surface area (Å²) in [6, 6.07) is 10.8. The van der Waals surface area contributed by atoms with E-state index in [9.17, 15) is 9.59 Å². The van der Waals surface area contributed by atoms with E-state index in [1.807, 2.05) is 23.8 Å². The maximum Gasteiger partial charge on any atom is 0.256 e. The Balaban J connectivity index is 1.72. The number of carbonyl (C=O) groups excluding carboxylic acids is 2. The van der Waals surface area contributed by atoms with E-state index in [2.05, 4.69) is 10.6 Å². The summed E-state index contributed by atoms with van der Waals surface area (Å²) in [5, 5.41) is 11.3. The Labute approximate surface area is 148 Å². The van der Waals surface area contributed by atoms with E-state index >= 15 is 0 Å². The Hall–Kier alpha value is -2.44. The summed E-state index contributed by atoms with van der Waals surface area (Å²) in [5.74, 6) is -0.422. The number of para-hydroxylation sites is 1. The van der Waals surface area contributed by atoms with Crippen LogP contribution in [0.3, 0.4) is 0 Å². The first-order chi connectivity index (χ1) is 11.6. The highest BCUT2D eigenvalue weighted by Gasteiger charge is 2.14. The first kappa shape index (κ1) is 16.4. The number of amides is 2. The van der Waals surface area contributed by atoms with Gasteiger partial charge in [0.05, 0.1) is 23.4 Å². The van der Waals surface area contributed by atoms with E-state index in [1.54, 1.807) is 47.0 Å². The van der Waals surface area contributed by atoms with Crippen molar-refractivity contribution < 1.29 is 9.59 Å². The maximum atomic E-state index is 12.5. The number of rotatable bonds is 5. The van der Waals surface area contributed by atoms with E-state index in [0.717, 1.165) is 4.88 Å². The molecule has 0 bridgehead atoms. The van der Waals surface area contributed by atoms with Gasteiger partial charge in [0.2, 0.25) is 0 Å². The topological polar surface area (TPSA) is 58.2 Å². The van der Waals surface area contributed by atoms with Crippen molar-refractivity contribution in [2.75, 3.05) is 5.32 Å². The molecule has 24 heavy (non-hydrogen) atoms. The van der Waals surface area contributed by atoms with Crippen molar-refractivity contribution in [2.24, 2.45) is 0 Å². The van der Waals surface area contributed by atoms with Crippen LogP contribution < -0.4 is 10.6 Å². The number of nitrogens with one attached hydrogen (secondary N) is 2. The summed E-state index contributed by atoms with van der Waals surface area (Å²) in [5.41, 5.74) is 2.72. The lowest BCUT2D eigenvalue weighted by atomic mass is 10.1. The maximum absolute atomic E-state index is 12.5. The van der Waals surface area contributed by atoms with Crippen molar-refractivity contribution in [2.45, 2.75) is 13.5 Å². The van der Waals surface area contributed by atoms with Crippen LogP contribution in [0.2, 0.25) is 0 Å². The molecule has 1 aromatic carbocycles. The molecule has 4 nitrogen and oxygen atoms in total. The monoisotopic (exact) mass is 356 g/mol. The molecule has 2 N–H and O–H groups in total. The zero-order chi connectivity index (χ0) is 16.9. The number of carbonyl (C=O) groups is 2. The quantitative estimate of drug-likeness (QED) is 0.716. The molecular weight excluding hydrogens is 340 g/mol. The molecule has 0 saturated carbocycles. The van der Waals surface area contributed by atoms with Gasteiger partial charge in [0, 0.05) is 10.3 Å². The van der Waals surface area contributed by atoms with Crippen LogP contribution in [0.25, 0.3) is 0 Å². The molecule has 0 aliphatic heterocycles. The molecule has 122 valence electrons. The third-order valence-electron chi connectivity index (χ3n) is 3.58. The van der Waals surface area contributed by atoms with Gasteiger partial charge >= 0.3 is 0 Å². The highest BCUT2D eigenvalue weighted by atomic mass is 32.1. The third kappa shape index (κ3) is 3.72. The van der Waals surface area contributed by atoms with Crippen LogP contribution in [-0.4, -0.2) is 11.8 Å². The zero-order valence-electron chi connectivity index (χ0n) is 13.0. The SMILES string of the molecule is Cc1ccsc1CNC(=O)c1ccccc1NC(=O)c1ccsc1. The van der Waals surface area contributed by atoms with Crippen LogP contribution in [-0.2, 0) is 6.54 Å². The van der Waals surface area contributed by atoms with Crippen LogP contribution in [0, 0.1) is 6.92 Å². The van der Waals surface area contributed by atoms with E-state index in [0.29, 0.717) is 23.4 Å². The number of aryl methyl sites for hydroxylation is 1. The standard InChI is InChI=1S/C18H16N2O2S2/c1-12-6-9-24-16(12)10-19-18(22)14-4-2-3-5-15(14)20-17(21)13-7-8-23-11-13/h2-9,11H,10H2,1H3,(H,19,22)(H,20,21). The second kappa shape index (κ2) is 7.42. The van der Waals surface area contributed by atoms with E-state index in [4.69, 9.17) is 0 Å². The molecule has 0 atom stereocenters. The van der Waals surface area contributed by atoms with Gasteiger partial charge in [0.15, 0.2) is 0 Å². The fraction of sp³-hybridized carbons (Fsp3) is 0.111. The fourth-order valence-corrected chi connectivity index (χ4v) is 3.70. The number of hydrogen-bond acceptors (Lipinski definition) is 4. The van der Waals surface area contributed by atoms with E-state index in [-0.39, 0.29) is 11.8 Å². The van der Waals surface area contributed by atoms with Gasteiger partial charge in [-0.25, -0.2) is 0 Å². The van der Waals surface area contributed by atoms with Gasteiger partial charge in [0.25, 0.3) is 11.8 Å². The van der Waals surface area contributed by atoms with Crippen molar-refractivity contribution >= 4 is 40.2 Å². The number of anilines is 1. The predicted molar refractivity (Wildman–Crippen MR) is 98.9 cm³/mol. The molecule has 0 aliphatic rings. The normalized spacial score (nSPS) is 10.4.